The minimum atomic E-state index is -1.06. The third-order valence-corrected chi connectivity index (χ3v) is 5.90. The Hall–Kier alpha value is -2.82. The third kappa shape index (κ3) is 9.29. The van der Waals surface area contributed by atoms with E-state index in [0.717, 1.165) is 37.9 Å². The summed E-state index contributed by atoms with van der Waals surface area (Å²) >= 11 is 0. The number of amides is 1. The molecule has 1 amide bonds. The fraction of sp³-hybridized carbons (Fsp3) is 0.500. The van der Waals surface area contributed by atoms with E-state index < -0.39 is 5.97 Å². The molecule has 2 aromatic carbocycles. The zero-order chi connectivity index (χ0) is 23.9. The molecular formula is C28H40N2O3. The lowest BCUT2D eigenvalue weighted by Gasteiger charge is -2.15. The molecule has 0 aliphatic carbocycles. The molecule has 5 heteroatoms. The Bertz CT molecular complexity index is 879. The van der Waals surface area contributed by atoms with E-state index in [1.807, 2.05) is 12.1 Å². The summed E-state index contributed by atoms with van der Waals surface area (Å²) in [6, 6.07) is 12.4. The second kappa shape index (κ2) is 15.1. The number of benzene rings is 2. The van der Waals surface area contributed by atoms with E-state index in [4.69, 9.17) is 0 Å². The van der Waals surface area contributed by atoms with Crippen molar-refractivity contribution in [3.63, 3.8) is 0 Å². The molecule has 0 heterocycles. The molecule has 0 saturated carbocycles. The predicted octanol–water partition coefficient (Wildman–Crippen LogP) is 7.53. The highest BCUT2D eigenvalue weighted by Gasteiger charge is 2.16. The topological polar surface area (TPSA) is 78.4 Å². The van der Waals surface area contributed by atoms with Crippen LogP contribution in [0.1, 0.15) is 104 Å². The van der Waals surface area contributed by atoms with Gasteiger partial charge in [0.15, 0.2) is 0 Å². The van der Waals surface area contributed by atoms with Crippen molar-refractivity contribution in [1.82, 2.24) is 0 Å². The van der Waals surface area contributed by atoms with E-state index in [1.165, 1.54) is 56.6 Å². The lowest BCUT2D eigenvalue weighted by atomic mass is 10.0. The number of para-hydroxylation sites is 1. The number of carbonyl (C=O) groups excluding carboxylic acids is 1. The van der Waals surface area contributed by atoms with Crippen molar-refractivity contribution in [2.24, 2.45) is 0 Å². The Morgan fingerprint density at radius 1 is 0.758 bits per heavy atom. The van der Waals surface area contributed by atoms with E-state index in [-0.39, 0.29) is 11.5 Å². The Morgan fingerprint density at radius 3 is 2.12 bits per heavy atom. The molecule has 0 atom stereocenters. The summed E-state index contributed by atoms with van der Waals surface area (Å²) in [4.78, 5) is 24.5. The number of aromatic carboxylic acids is 1. The highest BCUT2D eigenvalue weighted by molar-refractivity contribution is 6.10. The van der Waals surface area contributed by atoms with Gasteiger partial charge in [-0.2, -0.15) is 0 Å². The first-order chi connectivity index (χ1) is 16.1. The smallest absolute Gasteiger partial charge is 0.337 e. The number of nitrogens with one attached hydrogen (secondary N) is 2. The van der Waals surface area contributed by atoms with Gasteiger partial charge in [-0.15, -0.1) is 0 Å². The van der Waals surface area contributed by atoms with Crippen LogP contribution in [0.3, 0.4) is 0 Å². The zero-order valence-electron chi connectivity index (χ0n) is 20.3. The third-order valence-electron chi connectivity index (χ3n) is 5.90. The fourth-order valence-electron chi connectivity index (χ4n) is 3.92. The fourth-order valence-corrected chi connectivity index (χ4v) is 3.92. The molecule has 2 aromatic rings. The van der Waals surface area contributed by atoms with Gasteiger partial charge < -0.3 is 15.7 Å². The minimum Gasteiger partial charge on any atom is -0.478 e. The van der Waals surface area contributed by atoms with Gasteiger partial charge in [0.25, 0.3) is 5.91 Å². The van der Waals surface area contributed by atoms with Gasteiger partial charge in [-0.25, -0.2) is 4.79 Å². The molecule has 0 spiro atoms. The van der Waals surface area contributed by atoms with Crippen LogP contribution in [0.25, 0.3) is 0 Å². The highest BCUT2D eigenvalue weighted by Crippen LogP contribution is 2.23. The maximum Gasteiger partial charge on any atom is 0.337 e. The van der Waals surface area contributed by atoms with E-state index in [1.54, 1.807) is 18.2 Å². The van der Waals surface area contributed by atoms with E-state index >= 15 is 0 Å². The average Bonchev–Trinajstić information content (AvgIpc) is 2.81. The lowest BCUT2D eigenvalue weighted by molar-refractivity contribution is 0.0698. The number of unbranched alkanes of at least 4 members (excludes halogenated alkanes) is 8. The number of hydrogen-bond acceptors (Lipinski definition) is 3. The Morgan fingerprint density at radius 2 is 1.42 bits per heavy atom. The monoisotopic (exact) mass is 452 g/mol. The first-order valence-corrected chi connectivity index (χ1v) is 12.6. The standard InChI is InChI=1S/C28H40N2O3/c1-3-5-7-8-9-10-11-12-15-22-18-19-23(26(21-22)29-20-6-4-2)27(31)30-25-17-14-13-16-24(25)28(32)33/h13-14,16-19,21,29H,3-12,15,20H2,1-2H3,(H,30,31)(H,32,33). The summed E-state index contributed by atoms with van der Waals surface area (Å²) in [6.07, 6.45) is 13.4. The number of aryl methyl sites for hydroxylation is 1. The molecule has 0 bridgehead atoms. The molecule has 5 nitrogen and oxygen atoms in total. The first-order valence-electron chi connectivity index (χ1n) is 12.6. The van der Waals surface area contributed by atoms with E-state index in [0.29, 0.717) is 11.3 Å². The van der Waals surface area contributed by atoms with Gasteiger partial charge in [0.05, 0.1) is 16.8 Å². The molecule has 3 N–H and O–H groups in total. The van der Waals surface area contributed by atoms with Crippen LogP contribution in [0.15, 0.2) is 42.5 Å². The quantitative estimate of drug-likeness (QED) is 0.230. The molecule has 0 aliphatic rings. The van der Waals surface area contributed by atoms with Gasteiger partial charge in [0.1, 0.15) is 0 Å². The van der Waals surface area contributed by atoms with Crippen molar-refractivity contribution in [3.8, 4) is 0 Å². The van der Waals surface area contributed by atoms with E-state index in [9.17, 15) is 14.7 Å². The van der Waals surface area contributed by atoms with Crippen LogP contribution in [-0.2, 0) is 6.42 Å². The molecule has 2 rings (SSSR count). The summed E-state index contributed by atoms with van der Waals surface area (Å²) in [5, 5.41) is 15.6. The summed E-state index contributed by atoms with van der Waals surface area (Å²) < 4.78 is 0. The summed E-state index contributed by atoms with van der Waals surface area (Å²) in [6.45, 7) is 5.18. The van der Waals surface area contributed by atoms with Crippen LogP contribution in [-0.4, -0.2) is 23.5 Å². The highest BCUT2D eigenvalue weighted by atomic mass is 16.4. The van der Waals surface area contributed by atoms with Gasteiger partial charge in [-0.3, -0.25) is 4.79 Å². The number of anilines is 2. The number of carboxylic acid groups (broad SMARTS) is 1. The van der Waals surface area contributed by atoms with Crippen LogP contribution >= 0.6 is 0 Å². The van der Waals surface area contributed by atoms with Crippen LogP contribution in [0.4, 0.5) is 11.4 Å². The molecular weight excluding hydrogens is 412 g/mol. The molecule has 0 saturated heterocycles. The van der Waals surface area contributed by atoms with Crippen LogP contribution in [0.2, 0.25) is 0 Å². The Kier molecular flexibility index (Phi) is 12.1. The van der Waals surface area contributed by atoms with Crippen LogP contribution in [0.5, 0.6) is 0 Å². The number of carboxylic acids is 1. The molecule has 180 valence electrons. The summed E-state index contributed by atoms with van der Waals surface area (Å²) in [5.41, 5.74) is 2.95. The first kappa shape index (κ1) is 26.4. The van der Waals surface area contributed by atoms with Crippen LogP contribution in [0, 0.1) is 0 Å². The molecule has 0 radical (unpaired) electrons. The maximum absolute atomic E-state index is 13.0. The maximum atomic E-state index is 13.0. The number of hydrogen-bond donors (Lipinski definition) is 3. The number of carbonyl (C=O) groups is 2. The second-order valence-electron chi connectivity index (χ2n) is 8.69. The van der Waals surface area contributed by atoms with Crippen molar-refractivity contribution >= 4 is 23.3 Å². The largest absolute Gasteiger partial charge is 0.478 e. The molecule has 0 aliphatic heterocycles. The normalized spacial score (nSPS) is 10.7. The van der Waals surface area contributed by atoms with Gasteiger partial charge in [0, 0.05) is 12.2 Å². The summed E-state index contributed by atoms with van der Waals surface area (Å²) in [5.74, 6) is -1.37. The van der Waals surface area contributed by atoms with Crippen molar-refractivity contribution in [2.45, 2.75) is 84.5 Å². The molecule has 0 aromatic heterocycles. The summed E-state index contributed by atoms with van der Waals surface area (Å²) in [7, 11) is 0. The van der Waals surface area contributed by atoms with Crippen molar-refractivity contribution in [3.05, 3.63) is 59.2 Å². The Labute approximate surface area is 199 Å². The molecule has 0 fully saturated rings. The lowest BCUT2D eigenvalue weighted by Crippen LogP contribution is -2.17. The van der Waals surface area contributed by atoms with Gasteiger partial charge in [0.2, 0.25) is 0 Å². The van der Waals surface area contributed by atoms with E-state index in [2.05, 4.69) is 30.5 Å². The average molecular weight is 453 g/mol. The SMILES string of the molecule is CCCCCCCCCCc1ccc(C(=O)Nc2ccccc2C(=O)O)c(NCCCC)c1. The van der Waals surface area contributed by atoms with Gasteiger partial charge >= 0.3 is 5.97 Å². The van der Waals surface area contributed by atoms with Gasteiger partial charge in [-0.1, -0.05) is 83.4 Å². The number of rotatable bonds is 16. The predicted molar refractivity (Wildman–Crippen MR) is 138 cm³/mol. The van der Waals surface area contributed by atoms with Crippen molar-refractivity contribution in [2.75, 3.05) is 17.2 Å². The Balaban J connectivity index is 2.02. The van der Waals surface area contributed by atoms with Crippen molar-refractivity contribution in [1.29, 1.82) is 0 Å². The van der Waals surface area contributed by atoms with Gasteiger partial charge in [-0.05, 0) is 49.1 Å². The molecule has 0 unspecified atom stereocenters. The molecule has 33 heavy (non-hydrogen) atoms. The van der Waals surface area contributed by atoms with Crippen LogP contribution < -0.4 is 10.6 Å². The zero-order valence-corrected chi connectivity index (χ0v) is 20.3. The minimum absolute atomic E-state index is 0.0812. The second-order valence-corrected chi connectivity index (χ2v) is 8.69. The van der Waals surface area contributed by atoms with Crippen molar-refractivity contribution < 1.29 is 14.7 Å².